The number of carboxylic acid groups (broad SMARTS) is 1. The highest BCUT2D eigenvalue weighted by Gasteiger charge is 2.90. The number of aliphatic carboxylic acids is 1. The Morgan fingerprint density at radius 1 is 0.731 bits per heavy atom. The number of halogens is 13. The zero-order chi connectivity index (χ0) is 21.6. The second-order valence-electron chi connectivity index (χ2n) is 5.28. The molecule has 0 aliphatic carbocycles. The standard InChI is InChI=1S/C11H9F13O2/c1-4(5(25)26)2-3-6(12,13)7(14,15)8(16,17)9(18,19)10(20,21)11(22,23)24/h4H,2-3H2,1H3,(H,25,26). The van der Waals surface area contributed by atoms with Crippen molar-refractivity contribution in [2.45, 2.75) is 55.6 Å². The Hall–Kier alpha value is -1.44. The number of alkyl halides is 13. The van der Waals surface area contributed by atoms with Crippen LogP contribution in [0.5, 0.6) is 0 Å². The zero-order valence-electron chi connectivity index (χ0n) is 12.3. The predicted octanol–water partition coefficient (Wildman–Crippen LogP) is 5.23. The quantitative estimate of drug-likeness (QED) is 0.547. The van der Waals surface area contributed by atoms with Gasteiger partial charge in [0.25, 0.3) is 0 Å². The van der Waals surface area contributed by atoms with Crippen LogP contribution in [-0.2, 0) is 4.79 Å². The van der Waals surface area contributed by atoms with E-state index < -0.39 is 60.5 Å². The van der Waals surface area contributed by atoms with Gasteiger partial charge in [-0.2, -0.15) is 57.1 Å². The molecule has 0 aliphatic rings. The first-order valence-corrected chi connectivity index (χ1v) is 6.26. The molecule has 0 aromatic rings. The maximum absolute atomic E-state index is 13.3. The smallest absolute Gasteiger partial charge is 0.460 e. The Bertz CT molecular complexity index is 523. The van der Waals surface area contributed by atoms with Crippen LogP contribution >= 0.6 is 0 Å². The summed E-state index contributed by atoms with van der Waals surface area (Å²) in [5.41, 5.74) is 0. The molecule has 0 aliphatic heterocycles. The van der Waals surface area contributed by atoms with Crippen LogP contribution < -0.4 is 0 Å². The fraction of sp³-hybridized carbons (Fsp3) is 0.909. The van der Waals surface area contributed by atoms with Crippen molar-refractivity contribution in [1.29, 1.82) is 0 Å². The third-order valence-electron chi connectivity index (χ3n) is 3.31. The largest absolute Gasteiger partial charge is 0.481 e. The van der Waals surface area contributed by atoms with E-state index in [1.165, 1.54) is 0 Å². The summed E-state index contributed by atoms with van der Waals surface area (Å²) in [6, 6.07) is 0. The molecule has 1 atom stereocenters. The van der Waals surface area contributed by atoms with E-state index in [4.69, 9.17) is 5.11 Å². The van der Waals surface area contributed by atoms with Crippen LogP contribution in [0.4, 0.5) is 57.1 Å². The molecule has 0 radical (unpaired) electrons. The van der Waals surface area contributed by atoms with Gasteiger partial charge in [0.05, 0.1) is 5.92 Å². The van der Waals surface area contributed by atoms with Crippen LogP contribution in [-0.4, -0.2) is 46.9 Å². The van der Waals surface area contributed by atoms with Gasteiger partial charge < -0.3 is 5.11 Å². The lowest BCUT2D eigenvalue weighted by Crippen LogP contribution is -2.70. The van der Waals surface area contributed by atoms with Gasteiger partial charge in [-0.15, -0.1) is 0 Å². The van der Waals surface area contributed by atoms with Gasteiger partial charge in [-0.05, 0) is 6.42 Å². The number of rotatable bonds is 8. The molecule has 156 valence electrons. The maximum Gasteiger partial charge on any atom is 0.460 e. The molecule has 0 fully saturated rings. The fourth-order valence-corrected chi connectivity index (χ4v) is 1.48. The van der Waals surface area contributed by atoms with E-state index in [1.54, 1.807) is 0 Å². The van der Waals surface area contributed by atoms with E-state index in [0.29, 0.717) is 6.92 Å². The second-order valence-corrected chi connectivity index (χ2v) is 5.28. The van der Waals surface area contributed by atoms with Crippen molar-refractivity contribution in [1.82, 2.24) is 0 Å². The van der Waals surface area contributed by atoms with Crippen molar-refractivity contribution >= 4 is 5.97 Å². The Morgan fingerprint density at radius 2 is 1.08 bits per heavy atom. The van der Waals surface area contributed by atoms with Gasteiger partial charge in [0, 0.05) is 6.42 Å². The van der Waals surface area contributed by atoms with Gasteiger partial charge in [-0.25, -0.2) is 0 Å². The Kier molecular flexibility index (Phi) is 6.25. The summed E-state index contributed by atoms with van der Waals surface area (Å²) < 4.78 is 165. The van der Waals surface area contributed by atoms with Gasteiger partial charge in [0.1, 0.15) is 0 Å². The lowest BCUT2D eigenvalue weighted by Gasteiger charge is -2.39. The number of hydrogen-bond acceptors (Lipinski definition) is 1. The molecular weight excluding hydrogens is 411 g/mol. The normalized spacial score (nSPS) is 16.5. The minimum absolute atomic E-state index is 0.640. The summed E-state index contributed by atoms with van der Waals surface area (Å²) in [5, 5.41) is 8.34. The van der Waals surface area contributed by atoms with Crippen molar-refractivity contribution in [2.75, 3.05) is 0 Å². The minimum atomic E-state index is -7.94. The topological polar surface area (TPSA) is 37.3 Å². The predicted molar refractivity (Wildman–Crippen MR) is 56.8 cm³/mol. The van der Waals surface area contributed by atoms with Crippen LogP contribution in [0.1, 0.15) is 19.8 Å². The van der Waals surface area contributed by atoms with E-state index in [1.807, 2.05) is 0 Å². The van der Waals surface area contributed by atoms with E-state index in [9.17, 15) is 61.9 Å². The Balaban J connectivity index is 5.96. The lowest BCUT2D eigenvalue weighted by atomic mass is 9.90. The molecule has 0 heterocycles. The van der Waals surface area contributed by atoms with Gasteiger partial charge in [0.2, 0.25) is 0 Å². The van der Waals surface area contributed by atoms with Gasteiger partial charge >= 0.3 is 41.8 Å². The molecule has 0 rings (SSSR count). The van der Waals surface area contributed by atoms with Gasteiger partial charge in [-0.1, -0.05) is 6.92 Å². The first-order chi connectivity index (χ1) is 11.1. The summed E-state index contributed by atoms with van der Waals surface area (Å²) in [7, 11) is 0. The molecule has 26 heavy (non-hydrogen) atoms. The molecule has 0 spiro atoms. The molecular formula is C11H9F13O2. The average molecular weight is 420 g/mol. The summed E-state index contributed by atoms with van der Waals surface area (Å²) in [5.74, 6) is -40.9. The van der Waals surface area contributed by atoms with E-state index in [2.05, 4.69) is 0 Å². The summed E-state index contributed by atoms with van der Waals surface area (Å²) in [6.07, 6.45) is -11.4. The summed E-state index contributed by atoms with van der Waals surface area (Å²) >= 11 is 0. The molecule has 0 aromatic heterocycles. The van der Waals surface area contributed by atoms with Crippen LogP contribution in [0.15, 0.2) is 0 Å². The molecule has 0 amide bonds. The SMILES string of the molecule is CC(CCC(F)(F)C(F)(F)C(F)(F)C(F)(F)C(F)(F)C(F)(F)F)C(=O)O. The average Bonchev–Trinajstić information content (AvgIpc) is 2.42. The molecule has 0 aromatic carbocycles. The lowest BCUT2D eigenvalue weighted by molar-refractivity contribution is -0.440. The van der Waals surface area contributed by atoms with Crippen molar-refractivity contribution in [3.8, 4) is 0 Å². The first-order valence-electron chi connectivity index (χ1n) is 6.26. The third kappa shape index (κ3) is 3.66. The Morgan fingerprint density at radius 3 is 1.38 bits per heavy atom. The fourth-order valence-electron chi connectivity index (χ4n) is 1.48. The van der Waals surface area contributed by atoms with Gasteiger partial charge in [0.15, 0.2) is 0 Å². The highest BCUT2D eigenvalue weighted by atomic mass is 19.4. The van der Waals surface area contributed by atoms with E-state index in [-0.39, 0.29) is 0 Å². The van der Waals surface area contributed by atoms with Crippen molar-refractivity contribution < 1.29 is 67.0 Å². The van der Waals surface area contributed by atoms with E-state index >= 15 is 0 Å². The monoisotopic (exact) mass is 420 g/mol. The molecule has 1 N–H and O–H groups in total. The van der Waals surface area contributed by atoms with Crippen molar-refractivity contribution in [3.05, 3.63) is 0 Å². The maximum atomic E-state index is 13.3. The highest BCUT2D eigenvalue weighted by Crippen LogP contribution is 2.60. The first kappa shape index (κ1) is 24.6. The van der Waals surface area contributed by atoms with E-state index in [0.717, 1.165) is 0 Å². The summed E-state index contributed by atoms with van der Waals surface area (Å²) in [6.45, 7) is 0.640. The number of carboxylic acids is 1. The van der Waals surface area contributed by atoms with Crippen molar-refractivity contribution in [2.24, 2.45) is 5.92 Å². The number of carbonyl (C=O) groups is 1. The molecule has 0 saturated heterocycles. The van der Waals surface area contributed by atoms with Crippen LogP contribution in [0.2, 0.25) is 0 Å². The van der Waals surface area contributed by atoms with Crippen molar-refractivity contribution in [3.63, 3.8) is 0 Å². The zero-order valence-corrected chi connectivity index (χ0v) is 12.3. The highest BCUT2D eigenvalue weighted by molar-refractivity contribution is 5.69. The van der Waals surface area contributed by atoms with Crippen LogP contribution in [0.25, 0.3) is 0 Å². The third-order valence-corrected chi connectivity index (χ3v) is 3.31. The minimum Gasteiger partial charge on any atom is -0.481 e. The summed E-state index contributed by atoms with van der Waals surface area (Å²) in [4.78, 5) is 10.3. The molecule has 1 unspecified atom stereocenters. The molecule has 15 heteroatoms. The van der Waals surface area contributed by atoms with Gasteiger partial charge in [-0.3, -0.25) is 4.79 Å². The van der Waals surface area contributed by atoms with Crippen LogP contribution in [0.3, 0.4) is 0 Å². The molecule has 2 nitrogen and oxygen atoms in total. The second kappa shape index (κ2) is 6.62. The molecule has 0 bridgehead atoms. The van der Waals surface area contributed by atoms with Crippen LogP contribution in [0, 0.1) is 5.92 Å². The molecule has 0 saturated carbocycles. The Labute approximate surface area is 135 Å². The number of hydrogen-bond donors (Lipinski definition) is 1.